The van der Waals surface area contributed by atoms with Gasteiger partial charge in [0.05, 0.1) is 0 Å². The summed E-state index contributed by atoms with van der Waals surface area (Å²) in [6, 6.07) is 0. The van der Waals surface area contributed by atoms with Crippen LogP contribution in [0.25, 0.3) is 0 Å². The standard InChI is InChI=1S/C6H11F3O2S/c1-5(2)3-6(7,8)4-12(9,10)11/h5H,3-4H2,1-2H3. The van der Waals surface area contributed by atoms with Gasteiger partial charge in [-0.3, -0.25) is 0 Å². The highest BCUT2D eigenvalue weighted by Crippen LogP contribution is 2.25. The van der Waals surface area contributed by atoms with Crippen LogP contribution in [0.2, 0.25) is 0 Å². The molecule has 6 heteroatoms. The van der Waals surface area contributed by atoms with Gasteiger partial charge < -0.3 is 0 Å². The zero-order chi connectivity index (χ0) is 9.99. The van der Waals surface area contributed by atoms with Crippen molar-refractivity contribution >= 4 is 10.2 Å². The first-order chi connectivity index (χ1) is 5.12. The highest BCUT2D eigenvalue weighted by molar-refractivity contribution is 7.86. The minimum atomic E-state index is -5.08. The Morgan fingerprint density at radius 1 is 1.33 bits per heavy atom. The predicted octanol–water partition coefficient (Wildman–Crippen LogP) is 1.97. The van der Waals surface area contributed by atoms with Crippen LogP contribution in [0.4, 0.5) is 12.7 Å². The van der Waals surface area contributed by atoms with Gasteiger partial charge in [0.25, 0.3) is 5.92 Å². The third-order valence-electron chi connectivity index (χ3n) is 1.09. The van der Waals surface area contributed by atoms with E-state index in [1.807, 2.05) is 0 Å². The van der Waals surface area contributed by atoms with E-state index < -0.39 is 28.3 Å². The maximum atomic E-state index is 12.6. The lowest BCUT2D eigenvalue weighted by atomic mass is 10.1. The highest BCUT2D eigenvalue weighted by Gasteiger charge is 2.36. The number of halogens is 3. The molecule has 0 atom stereocenters. The third kappa shape index (κ3) is 6.45. The largest absolute Gasteiger partial charge is 0.308 e. The van der Waals surface area contributed by atoms with Crippen LogP contribution < -0.4 is 0 Å². The lowest BCUT2D eigenvalue weighted by Crippen LogP contribution is -2.27. The van der Waals surface area contributed by atoms with Gasteiger partial charge >= 0.3 is 10.2 Å². The number of hydrogen-bond donors (Lipinski definition) is 0. The minimum absolute atomic E-state index is 0.359. The van der Waals surface area contributed by atoms with E-state index in [2.05, 4.69) is 0 Å². The third-order valence-corrected chi connectivity index (χ3v) is 1.86. The van der Waals surface area contributed by atoms with Crippen molar-refractivity contribution in [2.45, 2.75) is 26.2 Å². The van der Waals surface area contributed by atoms with E-state index in [-0.39, 0.29) is 5.92 Å². The average Bonchev–Trinajstić information content (AvgIpc) is 1.48. The summed E-state index contributed by atoms with van der Waals surface area (Å²) in [6.45, 7) is 3.03. The molecule has 0 unspecified atom stereocenters. The van der Waals surface area contributed by atoms with Gasteiger partial charge in [0.1, 0.15) is 5.75 Å². The van der Waals surface area contributed by atoms with Gasteiger partial charge in [-0.15, -0.1) is 3.89 Å². The monoisotopic (exact) mass is 204 g/mol. The van der Waals surface area contributed by atoms with Crippen LogP contribution in [0, 0.1) is 5.92 Å². The Hall–Kier alpha value is -0.260. The Morgan fingerprint density at radius 2 is 1.75 bits per heavy atom. The topological polar surface area (TPSA) is 34.1 Å². The molecular weight excluding hydrogens is 193 g/mol. The first-order valence-electron chi connectivity index (χ1n) is 3.42. The molecule has 2 nitrogen and oxygen atoms in total. The SMILES string of the molecule is CC(C)CC(F)(F)CS(=O)(=O)F. The number of hydrogen-bond acceptors (Lipinski definition) is 2. The van der Waals surface area contributed by atoms with Gasteiger partial charge in [0.2, 0.25) is 0 Å². The fraction of sp³-hybridized carbons (Fsp3) is 1.00. The van der Waals surface area contributed by atoms with E-state index in [1.54, 1.807) is 0 Å². The second kappa shape index (κ2) is 3.64. The van der Waals surface area contributed by atoms with Crippen molar-refractivity contribution in [3.8, 4) is 0 Å². The zero-order valence-electron chi connectivity index (χ0n) is 6.85. The summed E-state index contributed by atoms with van der Waals surface area (Å²) in [6.07, 6.45) is -0.615. The molecule has 0 aromatic heterocycles. The van der Waals surface area contributed by atoms with E-state index in [0.717, 1.165) is 0 Å². The average molecular weight is 204 g/mol. The molecule has 0 fully saturated rings. The molecule has 0 amide bonds. The second-order valence-corrected chi connectivity index (χ2v) is 4.50. The predicted molar refractivity (Wildman–Crippen MR) is 39.3 cm³/mol. The molecule has 74 valence electrons. The summed E-state index contributed by atoms with van der Waals surface area (Å²) >= 11 is 0. The number of rotatable bonds is 4. The van der Waals surface area contributed by atoms with Gasteiger partial charge in [0, 0.05) is 6.42 Å². The quantitative estimate of drug-likeness (QED) is 0.656. The second-order valence-electron chi connectivity index (χ2n) is 3.14. The molecule has 0 aliphatic carbocycles. The molecule has 0 heterocycles. The molecule has 0 rings (SSSR count). The molecule has 0 spiro atoms. The van der Waals surface area contributed by atoms with Crippen molar-refractivity contribution in [1.29, 1.82) is 0 Å². The summed E-state index contributed by atoms with van der Waals surface area (Å²) in [7, 11) is -5.08. The van der Waals surface area contributed by atoms with Crippen molar-refractivity contribution in [2.24, 2.45) is 5.92 Å². The summed E-state index contributed by atoms with van der Waals surface area (Å²) in [5.41, 5.74) is 0. The van der Waals surface area contributed by atoms with Gasteiger partial charge in [-0.25, -0.2) is 8.78 Å². The van der Waals surface area contributed by atoms with E-state index >= 15 is 0 Å². The van der Waals surface area contributed by atoms with Crippen molar-refractivity contribution in [1.82, 2.24) is 0 Å². The van der Waals surface area contributed by atoms with Gasteiger partial charge in [-0.1, -0.05) is 13.8 Å². The van der Waals surface area contributed by atoms with Crippen LogP contribution in [0.1, 0.15) is 20.3 Å². The molecule has 0 radical (unpaired) electrons. The Labute approximate surface area is 70.0 Å². The molecule has 0 N–H and O–H groups in total. The van der Waals surface area contributed by atoms with E-state index in [0.29, 0.717) is 0 Å². The van der Waals surface area contributed by atoms with Crippen molar-refractivity contribution in [3.05, 3.63) is 0 Å². The van der Waals surface area contributed by atoms with Gasteiger partial charge in [0.15, 0.2) is 0 Å². The molecule has 0 aromatic rings. The summed E-state index contributed by atoms with van der Waals surface area (Å²) < 4.78 is 56.7. The highest BCUT2D eigenvalue weighted by atomic mass is 32.3. The molecule has 0 aliphatic heterocycles. The van der Waals surface area contributed by atoms with Gasteiger partial charge in [-0.2, -0.15) is 8.42 Å². The molecule has 12 heavy (non-hydrogen) atoms. The maximum Gasteiger partial charge on any atom is 0.308 e. The first-order valence-corrected chi connectivity index (χ1v) is 4.98. The lowest BCUT2D eigenvalue weighted by Gasteiger charge is -2.15. The maximum absolute atomic E-state index is 12.6. The van der Waals surface area contributed by atoms with Gasteiger partial charge in [-0.05, 0) is 5.92 Å². The summed E-state index contributed by atoms with van der Waals surface area (Å²) in [4.78, 5) is 0. The van der Waals surface area contributed by atoms with Crippen molar-refractivity contribution in [3.63, 3.8) is 0 Å². The Bertz CT molecular complexity index is 233. The van der Waals surface area contributed by atoms with Crippen LogP contribution in [-0.4, -0.2) is 20.1 Å². The fourth-order valence-corrected chi connectivity index (χ4v) is 1.53. The fourth-order valence-electron chi connectivity index (χ4n) is 0.908. The Kier molecular flexibility index (Phi) is 3.56. The van der Waals surface area contributed by atoms with Crippen LogP contribution in [-0.2, 0) is 10.2 Å². The molecule has 0 bridgehead atoms. The normalized spacial score (nSPS) is 13.8. The Morgan fingerprint density at radius 3 is 2.00 bits per heavy atom. The van der Waals surface area contributed by atoms with Crippen LogP contribution >= 0.6 is 0 Å². The number of alkyl halides is 2. The van der Waals surface area contributed by atoms with E-state index in [9.17, 15) is 21.1 Å². The lowest BCUT2D eigenvalue weighted by molar-refractivity contribution is 0.00388. The van der Waals surface area contributed by atoms with E-state index in [4.69, 9.17) is 0 Å². The van der Waals surface area contributed by atoms with E-state index in [1.165, 1.54) is 13.8 Å². The zero-order valence-corrected chi connectivity index (χ0v) is 7.67. The minimum Gasteiger partial charge on any atom is -0.206 e. The van der Waals surface area contributed by atoms with Crippen LogP contribution in [0.3, 0.4) is 0 Å². The van der Waals surface area contributed by atoms with Crippen molar-refractivity contribution in [2.75, 3.05) is 5.75 Å². The first kappa shape index (κ1) is 11.7. The molecule has 0 saturated heterocycles. The van der Waals surface area contributed by atoms with Crippen molar-refractivity contribution < 1.29 is 21.1 Å². The molecule has 0 aliphatic rings. The van der Waals surface area contributed by atoms with Crippen LogP contribution in [0.5, 0.6) is 0 Å². The molecular formula is C6H11F3O2S. The molecule has 0 saturated carbocycles. The Balaban J connectivity index is 4.23. The molecule has 0 aromatic carbocycles. The van der Waals surface area contributed by atoms with Crippen LogP contribution in [0.15, 0.2) is 0 Å². The smallest absolute Gasteiger partial charge is 0.206 e. The summed E-state index contributed by atoms with van der Waals surface area (Å²) in [5.74, 6) is -5.53. The summed E-state index contributed by atoms with van der Waals surface area (Å²) in [5, 5.41) is 0.